The number of nitrogens with two attached hydrogens (primary N) is 1. The predicted molar refractivity (Wildman–Crippen MR) is 99.5 cm³/mol. The Balaban J connectivity index is 1.55. The molecule has 3 aromatic rings. The number of ether oxygens (including phenoxy) is 2. The van der Waals surface area contributed by atoms with Crippen LogP contribution in [0.4, 0.5) is 0 Å². The fourth-order valence-electron chi connectivity index (χ4n) is 2.23. The van der Waals surface area contributed by atoms with Crippen molar-refractivity contribution < 1.29 is 9.47 Å². The Morgan fingerprint density at radius 2 is 1.77 bits per heavy atom. The van der Waals surface area contributed by atoms with Gasteiger partial charge in [-0.1, -0.05) is 11.8 Å². The van der Waals surface area contributed by atoms with Gasteiger partial charge in [-0.3, -0.25) is 0 Å². The third kappa shape index (κ3) is 4.07. The molecule has 0 bridgehead atoms. The van der Waals surface area contributed by atoms with Crippen molar-refractivity contribution in [3.63, 3.8) is 0 Å². The van der Waals surface area contributed by atoms with Gasteiger partial charge in [0, 0.05) is 11.3 Å². The first-order valence-electron chi connectivity index (χ1n) is 7.82. The van der Waals surface area contributed by atoms with Gasteiger partial charge in [0.05, 0.1) is 25.3 Å². The van der Waals surface area contributed by atoms with Crippen molar-refractivity contribution in [1.82, 2.24) is 14.9 Å². The molecule has 1 heterocycles. The Morgan fingerprint density at radius 1 is 1.08 bits per heavy atom. The molecule has 0 atom stereocenters. The van der Waals surface area contributed by atoms with Crippen molar-refractivity contribution in [3.05, 3.63) is 54.1 Å². The van der Waals surface area contributed by atoms with E-state index >= 15 is 0 Å². The molecule has 0 spiro atoms. The smallest absolute Gasteiger partial charge is 0.210 e. The fourth-order valence-corrected chi connectivity index (χ4v) is 2.90. The summed E-state index contributed by atoms with van der Waals surface area (Å²) in [6, 6.07) is 16.5. The zero-order valence-electron chi connectivity index (χ0n) is 14.1. The highest BCUT2D eigenvalue weighted by molar-refractivity contribution is 7.99. The molecule has 0 saturated heterocycles. The molecular formula is C18H17N5O2S. The molecule has 0 fully saturated rings. The molecule has 0 unspecified atom stereocenters. The first-order chi connectivity index (χ1) is 12.7. The lowest BCUT2D eigenvalue weighted by molar-refractivity contribution is 0.344. The van der Waals surface area contributed by atoms with Crippen molar-refractivity contribution in [3.8, 4) is 29.0 Å². The molecular weight excluding hydrogens is 350 g/mol. The highest BCUT2D eigenvalue weighted by atomic mass is 32.2. The minimum atomic E-state index is 0.487. The second-order valence-corrected chi connectivity index (χ2v) is 6.30. The van der Waals surface area contributed by atoms with Gasteiger partial charge in [0.1, 0.15) is 11.5 Å². The molecule has 8 heteroatoms. The van der Waals surface area contributed by atoms with Crippen LogP contribution in [0.3, 0.4) is 0 Å². The van der Waals surface area contributed by atoms with Crippen molar-refractivity contribution >= 4 is 11.8 Å². The standard InChI is InChI=1S/C18H17N5O2S/c1-24-15-8-4-14(5-9-15)17-21-22-18(23(17)20)26-11-10-25-16-6-2-13(12-19)3-7-16/h2-9H,10-11,20H2,1H3. The molecule has 0 aliphatic rings. The van der Waals surface area contributed by atoms with Crippen LogP contribution >= 0.6 is 11.8 Å². The molecule has 0 saturated carbocycles. The van der Waals surface area contributed by atoms with Crippen molar-refractivity contribution in [2.24, 2.45) is 0 Å². The molecule has 0 radical (unpaired) electrons. The van der Waals surface area contributed by atoms with Crippen LogP contribution in [-0.2, 0) is 0 Å². The summed E-state index contributed by atoms with van der Waals surface area (Å²) in [4.78, 5) is 0. The Bertz CT molecular complexity index is 901. The Kier molecular flexibility index (Phi) is 5.61. The van der Waals surface area contributed by atoms with Gasteiger partial charge in [0.25, 0.3) is 0 Å². The van der Waals surface area contributed by atoms with Gasteiger partial charge in [0.2, 0.25) is 5.16 Å². The fraction of sp³-hybridized carbons (Fsp3) is 0.167. The number of nitrogen functional groups attached to an aromatic ring is 1. The van der Waals surface area contributed by atoms with Gasteiger partial charge in [-0.25, -0.2) is 4.68 Å². The summed E-state index contributed by atoms with van der Waals surface area (Å²) in [7, 11) is 1.62. The molecule has 3 rings (SSSR count). The van der Waals surface area contributed by atoms with Crippen LogP contribution in [0.25, 0.3) is 11.4 Å². The topological polar surface area (TPSA) is 99.0 Å². The second kappa shape index (κ2) is 8.27. The maximum Gasteiger partial charge on any atom is 0.210 e. The van der Waals surface area contributed by atoms with E-state index in [4.69, 9.17) is 20.6 Å². The number of thioether (sulfide) groups is 1. The summed E-state index contributed by atoms with van der Waals surface area (Å²) in [5.74, 6) is 8.84. The van der Waals surface area contributed by atoms with E-state index in [1.54, 1.807) is 31.4 Å². The monoisotopic (exact) mass is 367 g/mol. The van der Waals surface area contributed by atoms with E-state index in [0.29, 0.717) is 28.9 Å². The Labute approximate surface area is 155 Å². The molecule has 132 valence electrons. The molecule has 0 aliphatic heterocycles. The zero-order chi connectivity index (χ0) is 18.4. The van der Waals surface area contributed by atoms with E-state index in [9.17, 15) is 0 Å². The molecule has 2 aromatic carbocycles. The number of hydrogen-bond acceptors (Lipinski definition) is 7. The Hall–Kier alpha value is -3.18. The minimum Gasteiger partial charge on any atom is -0.497 e. The first kappa shape index (κ1) is 17.6. The predicted octanol–water partition coefficient (Wildman–Crippen LogP) is 2.71. The summed E-state index contributed by atoms with van der Waals surface area (Å²) in [5.41, 5.74) is 1.47. The van der Waals surface area contributed by atoms with Gasteiger partial charge in [-0.15, -0.1) is 10.2 Å². The summed E-state index contributed by atoms with van der Waals surface area (Å²) < 4.78 is 12.3. The van der Waals surface area contributed by atoms with Gasteiger partial charge in [-0.2, -0.15) is 5.26 Å². The largest absolute Gasteiger partial charge is 0.497 e. The second-order valence-electron chi connectivity index (χ2n) is 5.24. The summed E-state index contributed by atoms with van der Waals surface area (Å²) in [6.07, 6.45) is 0. The van der Waals surface area contributed by atoms with E-state index in [0.717, 1.165) is 17.1 Å². The van der Waals surface area contributed by atoms with E-state index in [-0.39, 0.29) is 0 Å². The lowest BCUT2D eigenvalue weighted by Crippen LogP contribution is -2.12. The highest BCUT2D eigenvalue weighted by Crippen LogP contribution is 2.23. The summed E-state index contributed by atoms with van der Waals surface area (Å²) in [5, 5.41) is 17.7. The number of hydrogen-bond donors (Lipinski definition) is 1. The van der Waals surface area contributed by atoms with Crippen LogP contribution in [0.2, 0.25) is 0 Å². The summed E-state index contributed by atoms with van der Waals surface area (Å²) >= 11 is 1.46. The highest BCUT2D eigenvalue weighted by Gasteiger charge is 2.12. The molecule has 0 amide bonds. The maximum atomic E-state index is 8.78. The zero-order valence-corrected chi connectivity index (χ0v) is 14.9. The number of nitriles is 1. The van der Waals surface area contributed by atoms with Crippen molar-refractivity contribution in [2.45, 2.75) is 5.16 Å². The average Bonchev–Trinajstić information content (AvgIpc) is 3.06. The first-order valence-corrected chi connectivity index (χ1v) is 8.80. The van der Waals surface area contributed by atoms with Crippen LogP contribution in [0.15, 0.2) is 53.7 Å². The number of benzene rings is 2. The van der Waals surface area contributed by atoms with E-state index < -0.39 is 0 Å². The summed E-state index contributed by atoms with van der Waals surface area (Å²) in [6.45, 7) is 0.487. The van der Waals surface area contributed by atoms with Crippen LogP contribution in [0.5, 0.6) is 11.5 Å². The third-order valence-electron chi connectivity index (χ3n) is 3.58. The molecule has 26 heavy (non-hydrogen) atoms. The average molecular weight is 367 g/mol. The number of methoxy groups -OCH3 is 1. The molecule has 1 aromatic heterocycles. The van der Waals surface area contributed by atoms with E-state index in [2.05, 4.69) is 16.3 Å². The number of aromatic nitrogens is 3. The van der Waals surface area contributed by atoms with Gasteiger partial charge in [-0.05, 0) is 48.5 Å². The van der Waals surface area contributed by atoms with Crippen LogP contribution in [0.1, 0.15) is 5.56 Å². The quantitative estimate of drug-likeness (QED) is 0.389. The van der Waals surface area contributed by atoms with Crippen LogP contribution < -0.4 is 15.3 Å². The molecule has 2 N–H and O–H groups in total. The van der Waals surface area contributed by atoms with E-state index in [1.807, 2.05) is 24.3 Å². The van der Waals surface area contributed by atoms with Crippen molar-refractivity contribution in [2.75, 3.05) is 25.3 Å². The van der Waals surface area contributed by atoms with Crippen molar-refractivity contribution in [1.29, 1.82) is 5.26 Å². The van der Waals surface area contributed by atoms with E-state index in [1.165, 1.54) is 16.4 Å². The maximum absolute atomic E-state index is 8.78. The van der Waals surface area contributed by atoms with Gasteiger partial charge < -0.3 is 15.3 Å². The van der Waals surface area contributed by atoms with Gasteiger partial charge >= 0.3 is 0 Å². The van der Waals surface area contributed by atoms with Crippen LogP contribution in [-0.4, -0.2) is 34.3 Å². The molecule has 0 aliphatic carbocycles. The normalized spacial score (nSPS) is 10.3. The number of nitrogens with zero attached hydrogens (tertiary/aromatic N) is 4. The lowest BCUT2D eigenvalue weighted by atomic mass is 10.2. The Morgan fingerprint density at radius 3 is 2.42 bits per heavy atom. The lowest BCUT2D eigenvalue weighted by Gasteiger charge is -2.06. The van der Waals surface area contributed by atoms with Gasteiger partial charge in [0.15, 0.2) is 5.82 Å². The molecule has 7 nitrogen and oxygen atoms in total. The number of rotatable bonds is 7. The third-order valence-corrected chi connectivity index (χ3v) is 4.49. The SMILES string of the molecule is COc1ccc(-c2nnc(SCCOc3ccc(C#N)cc3)n2N)cc1. The van der Waals surface area contributed by atoms with Crippen LogP contribution in [0, 0.1) is 11.3 Å². The minimum absolute atomic E-state index is 0.487.